The van der Waals surface area contributed by atoms with Crippen molar-refractivity contribution in [3.05, 3.63) is 36.1 Å². The van der Waals surface area contributed by atoms with E-state index in [0.717, 1.165) is 50.2 Å². The number of morpholine rings is 1. The van der Waals surface area contributed by atoms with Crippen molar-refractivity contribution < 1.29 is 18.8 Å². The first kappa shape index (κ1) is 14.1. The number of quaternary nitrogens is 1. The summed E-state index contributed by atoms with van der Waals surface area (Å²) >= 11 is 0. The highest BCUT2D eigenvalue weighted by molar-refractivity contribution is 5.95. The van der Waals surface area contributed by atoms with E-state index in [1.807, 2.05) is 24.3 Å². The van der Waals surface area contributed by atoms with Gasteiger partial charge in [-0.05, 0) is 12.1 Å². The molecule has 1 saturated heterocycles. The Morgan fingerprint density at radius 3 is 2.86 bits per heavy atom. The minimum atomic E-state index is -0.136. The van der Waals surface area contributed by atoms with Gasteiger partial charge in [0.2, 0.25) is 0 Å². The fourth-order valence-electron chi connectivity index (χ4n) is 2.63. The minimum Gasteiger partial charge on any atom is -0.451 e. The molecule has 5 nitrogen and oxygen atoms in total. The highest BCUT2D eigenvalue weighted by atomic mass is 16.5. The Kier molecular flexibility index (Phi) is 4.52. The summed E-state index contributed by atoms with van der Waals surface area (Å²) in [5, 5.41) is 3.88. The molecule has 0 saturated carbocycles. The SMILES string of the molecule is O=C(NCCC[NH+]1CCOCC1)c1cc2ccccc2o1. The molecular formula is C16H21N2O3+. The Morgan fingerprint density at radius 1 is 1.24 bits per heavy atom. The van der Waals surface area contributed by atoms with E-state index < -0.39 is 0 Å². The molecule has 0 unspecified atom stereocenters. The summed E-state index contributed by atoms with van der Waals surface area (Å²) in [6.45, 7) is 5.58. The third kappa shape index (κ3) is 3.62. The number of rotatable bonds is 5. The van der Waals surface area contributed by atoms with Crippen molar-refractivity contribution >= 4 is 16.9 Å². The molecule has 2 N–H and O–H groups in total. The molecule has 1 aliphatic heterocycles. The van der Waals surface area contributed by atoms with Crippen LogP contribution >= 0.6 is 0 Å². The van der Waals surface area contributed by atoms with Crippen LogP contribution in [0.1, 0.15) is 17.0 Å². The van der Waals surface area contributed by atoms with E-state index in [9.17, 15) is 4.79 Å². The number of carbonyl (C=O) groups is 1. The van der Waals surface area contributed by atoms with Gasteiger partial charge in [0.25, 0.3) is 5.91 Å². The van der Waals surface area contributed by atoms with E-state index in [4.69, 9.17) is 9.15 Å². The number of hydrogen-bond donors (Lipinski definition) is 2. The van der Waals surface area contributed by atoms with Crippen LogP contribution in [0.15, 0.2) is 34.7 Å². The van der Waals surface area contributed by atoms with Crippen LogP contribution in [-0.4, -0.2) is 45.3 Å². The van der Waals surface area contributed by atoms with Gasteiger partial charge in [-0.1, -0.05) is 18.2 Å². The average molecular weight is 289 g/mol. The predicted octanol–water partition coefficient (Wildman–Crippen LogP) is 0.468. The van der Waals surface area contributed by atoms with Gasteiger partial charge in [-0.2, -0.15) is 0 Å². The lowest BCUT2D eigenvalue weighted by Gasteiger charge is -2.23. The summed E-state index contributed by atoms with van der Waals surface area (Å²) in [5.41, 5.74) is 0.750. The summed E-state index contributed by atoms with van der Waals surface area (Å²) in [6, 6.07) is 9.44. The van der Waals surface area contributed by atoms with Crippen molar-refractivity contribution in [2.45, 2.75) is 6.42 Å². The van der Waals surface area contributed by atoms with Crippen molar-refractivity contribution in [2.24, 2.45) is 0 Å². The number of ether oxygens (including phenoxy) is 1. The molecule has 1 amide bonds. The molecule has 0 aliphatic carbocycles. The van der Waals surface area contributed by atoms with Gasteiger partial charge in [0, 0.05) is 18.4 Å². The van der Waals surface area contributed by atoms with Crippen molar-refractivity contribution in [1.29, 1.82) is 0 Å². The molecule has 0 bridgehead atoms. The molecule has 112 valence electrons. The molecular weight excluding hydrogens is 268 g/mol. The van der Waals surface area contributed by atoms with Crippen LogP contribution < -0.4 is 10.2 Å². The zero-order chi connectivity index (χ0) is 14.5. The lowest BCUT2D eigenvalue weighted by Crippen LogP contribution is -3.14. The number of fused-ring (bicyclic) bond motifs is 1. The fourth-order valence-corrected chi connectivity index (χ4v) is 2.63. The number of amides is 1. The molecule has 2 heterocycles. The van der Waals surface area contributed by atoms with E-state index in [-0.39, 0.29) is 5.91 Å². The summed E-state index contributed by atoms with van der Waals surface area (Å²) in [5.74, 6) is 0.248. The second-order valence-corrected chi connectivity index (χ2v) is 5.37. The topological polar surface area (TPSA) is 55.9 Å². The Bertz CT molecular complexity index is 569. The lowest BCUT2D eigenvalue weighted by molar-refractivity contribution is -0.908. The maximum atomic E-state index is 12.0. The Labute approximate surface area is 123 Å². The quantitative estimate of drug-likeness (QED) is 0.787. The molecule has 5 heteroatoms. The van der Waals surface area contributed by atoms with Gasteiger partial charge in [-0.3, -0.25) is 4.79 Å². The third-order valence-corrected chi connectivity index (χ3v) is 3.84. The van der Waals surface area contributed by atoms with Crippen LogP contribution in [0.5, 0.6) is 0 Å². The van der Waals surface area contributed by atoms with Gasteiger partial charge in [-0.25, -0.2) is 0 Å². The first-order valence-corrected chi connectivity index (χ1v) is 7.51. The maximum absolute atomic E-state index is 12.0. The average Bonchev–Trinajstić information content (AvgIpc) is 2.96. The highest BCUT2D eigenvalue weighted by Gasteiger charge is 2.14. The monoisotopic (exact) mass is 289 g/mol. The van der Waals surface area contributed by atoms with Crippen molar-refractivity contribution in [3.63, 3.8) is 0 Å². The van der Waals surface area contributed by atoms with Gasteiger partial charge in [0.1, 0.15) is 18.7 Å². The van der Waals surface area contributed by atoms with E-state index >= 15 is 0 Å². The molecule has 1 fully saturated rings. The van der Waals surface area contributed by atoms with E-state index in [0.29, 0.717) is 12.3 Å². The second-order valence-electron chi connectivity index (χ2n) is 5.37. The standard InChI is InChI=1S/C16H20N2O3/c19-16(15-12-13-4-1-2-5-14(13)21-15)17-6-3-7-18-8-10-20-11-9-18/h1-2,4-5,12H,3,6-11H2,(H,17,19)/p+1. The van der Waals surface area contributed by atoms with Crippen LogP contribution in [0.4, 0.5) is 0 Å². The first-order chi connectivity index (χ1) is 10.3. The van der Waals surface area contributed by atoms with Gasteiger partial charge in [0.15, 0.2) is 5.76 Å². The largest absolute Gasteiger partial charge is 0.451 e. The molecule has 1 aromatic heterocycles. The second kappa shape index (κ2) is 6.74. The smallest absolute Gasteiger partial charge is 0.287 e. The molecule has 2 aromatic rings. The Morgan fingerprint density at radius 2 is 2.05 bits per heavy atom. The van der Waals surface area contributed by atoms with Crippen LogP contribution in [0.25, 0.3) is 11.0 Å². The molecule has 21 heavy (non-hydrogen) atoms. The van der Waals surface area contributed by atoms with Gasteiger partial charge < -0.3 is 19.4 Å². The predicted molar refractivity (Wildman–Crippen MR) is 79.5 cm³/mol. The first-order valence-electron chi connectivity index (χ1n) is 7.51. The van der Waals surface area contributed by atoms with Gasteiger partial charge >= 0.3 is 0 Å². The highest BCUT2D eigenvalue weighted by Crippen LogP contribution is 2.18. The number of nitrogens with one attached hydrogen (secondary N) is 2. The summed E-state index contributed by atoms with van der Waals surface area (Å²) in [6.07, 6.45) is 0.974. The zero-order valence-corrected chi connectivity index (χ0v) is 12.1. The third-order valence-electron chi connectivity index (χ3n) is 3.84. The van der Waals surface area contributed by atoms with Crippen molar-refractivity contribution in [2.75, 3.05) is 39.4 Å². The normalized spacial score (nSPS) is 16.2. The molecule has 0 radical (unpaired) electrons. The molecule has 3 rings (SSSR count). The number of benzene rings is 1. The minimum absolute atomic E-state index is 0.136. The lowest BCUT2D eigenvalue weighted by atomic mass is 10.2. The van der Waals surface area contributed by atoms with Crippen LogP contribution in [0.2, 0.25) is 0 Å². The summed E-state index contributed by atoms with van der Waals surface area (Å²) in [7, 11) is 0. The zero-order valence-electron chi connectivity index (χ0n) is 12.1. The maximum Gasteiger partial charge on any atom is 0.287 e. The van der Waals surface area contributed by atoms with E-state index in [1.54, 1.807) is 11.0 Å². The number of furan rings is 1. The van der Waals surface area contributed by atoms with E-state index in [2.05, 4.69) is 5.32 Å². The number of para-hydroxylation sites is 1. The van der Waals surface area contributed by atoms with Gasteiger partial charge in [0.05, 0.1) is 19.8 Å². The Hall–Kier alpha value is -1.85. The van der Waals surface area contributed by atoms with Crippen LogP contribution in [0, 0.1) is 0 Å². The number of hydrogen-bond acceptors (Lipinski definition) is 3. The van der Waals surface area contributed by atoms with Crippen molar-refractivity contribution in [1.82, 2.24) is 5.32 Å². The van der Waals surface area contributed by atoms with Crippen LogP contribution in [0.3, 0.4) is 0 Å². The van der Waals surface area contributed by atoms with Gasteiger partial charge in [-0.15, -0.1) is 0 Å². The number of carbonyl (C=O) groups excluding carboxylic acids is 1. The Balaban J connectivity index is 1.45. The summed E-state index contributed by atoms with van der Waals surface area (Å²) < 4.78 is 10.9. The van der Waals surface area contributed by atoms with Crippen LogP contribution in [-0.2, 0) is 4.74 Å². The van der Waals surface area contributed by atoms with Crippen molar-refractivity contribution in [3.8, 4) is 0 Å². The molecule has 0 spiro atoms. The summed E-state index contributed by atoms with van der Waals surface area (Å²) in [4.78, 5) is 13.6. The molecule has 1 aromatic carbocycles. The van der Waals surface area contributed by atoms with E-state index in [1.165, 1.54) is 0 Å². The molecule has 1 aliphatic rings. The fraction of sp³-hybridized carbons (Fsp3) is 0.438. The molecule has 0 atom stereocenters.